The number of likely N-dealkylation sites (tertiary alicyclic amines) is 1. The van der Waals surface area contributed by atoms with Crippen LogP contribution < -0.4 is 4.90 Å². The van der Waals surface area contributed by atoms with Crippen molar-refractivity contribution in [3.05, 3.63) is 58.3 Å². The molecule has 6 nitrogen and oxygen atoms in total. The van der Waals surface area contributed by atoms with E-state index in [1.807, 2.05) is 52.8 Å². The fraction of sp³-hybridized carbons (Fsp3) is 0.318. The molecule has 4 atom stereocenters. The van der Waals surface area contributed by atoms with E-state index in [-0.39, 0.29) is 36.8 Å². The van der Waals surface area contributed by atoms with E-state index < -0.39 is 17.9 Å². The molecular weight excluding hydrogens is 388 g/mol. The van der Waals surface area contributed by atoms with Crippen LogP contribution in [0.1, 0.15) is 15.2 Å². The molecule has 7 heteroatoms. The predicted molar refractivity (Wildman–Crippen MR) is 110 cm³/mol. The Morgan fingerprint density at radius 1 is 1.10 bits per heavy atom. The van der Waals surface area contributed by atoms with Gasteiger partial charge < -0.3 is 9.64 Å². The number of carbonyl (C=O) groups is 3. The molecule has 2 fully saturated rings. The second-order valence-corrected chi connectivity index (χ2v) is 8.42. The Morgan fingerprint density at radius 3 is 2.66 bits per heavy atom. The Bertz CT molecular complexity index is 1020. The number of anilines is 1. The maximum absolute atomic E-state index is 13.5. The second-order valence-electron chi connectivity index (χ2n) is 7.47. The largest absolute Gasteiger partial charge is 0.383 e. The number of amides is 2. The average Bonchev–Trinajstić information content (AvgIpc) is 3.44. The van der Waals surface area contributed by atoms with Crippen molar-refractivity contribution >= 4 is 40.7 Å². The van der Waals surface area contributed by atoms with Crippen molar-refractivity contribution in [3.63, 3.8) is 0 Å². The summed E-state index contributed by atoms with van der Waals surface area (Å²) in [6, 6.07) is 10.4. The monoisotopic (exact) mass is 408 g/mol. The van der Waals surface area contributed by atoms with Gasteiger partial charge in [-0.05, 0) is 23.1 Å². The van der Waals surface area contributed by atoms with Gasteiger partial charge in [0.25, 0.3) is 0 Å². The van der Waals surface area contributed by atoms with E-state index >= 15 is 0 Å². The van der Waals surface area contributed by atoms with Gasteiger partial charge in [-0.3, -0.25) is 19.3 Å². The summed E-state index contributed by atoms with van der Waals surface area (Å²) in [5.74, 6) is -1.82. The minimum Gasteiger partial charge on any atom is -0.383 e. The van der Waals surface area contributed by atoms with Crippen LogP contribution in [-0.4, -0.2) is 54.8 Å². The van der Waals surface area contributed by atoms with E-state index in [2.05, 4.69) is 0 Å². The highest BCUT2D eigenvalue weighted by Crippen LogP contribution is 2.49. The summed E-state index contributed by atoms with van der Waals surface area (Å²) in [4.78, 5) is 43.9. The molecule has 0 bridgehead atoms. The number of rotatable bonds is 5. The first-order valence-corrected chi connectivity index (χ1v) is 10.5. The number of Topliss-reactive ketones (excluding diaryl/α,β-unsaturated/α-hetero) is 1. The quantitative estimate of drug-likeness (QED) is 0.562. The zero-order valence-corrected chi connectivity index (χ0v) is 16.7. The van der Waals surface area contributed by atoms with E-state index in [4.69, 9.17) is 4.74 Å². The van der Waals surface area contributed by atoms with Crippen LogP contribution in [0, 0.1) is 11.8 Å². The van der Waals surface area contributed by atoms with E-state index in [9.17, 15) is 14.4 Å². The van der Waals surface area contributed by atoms with Crippen molar-refractivity contribution in [1.82, 2.24) is 4.90 Å². The van der Waals surface area contributed by atoms with Gasteiger partial charge in [-0.15, -0.1) is 11.3 Å². The van der Waals surface area contributed by atoms with E-state index in [0.29, 0.717) is 4.88 Å². The molecule has 0 spiro atoms. The summed E-state index contributed by atoms with van der Waals surface area (Å²) < 4.78 is 5.07. The minimum atomic E-state index is -0.696. The van der Waals surface area contributed by atoms with Gasteiger partial charge in [0.05, 0.1) is 35.9 Å². The zero-order chi connectivity index (χ0) is 20.1. The molecule has 2 amide bonds. The molecule has 1 aromatic heterocycles. The Kier molecular flexibility index (Phi) is 4.37. The number of benzene rings is 1. The lowest BCUT2D eigenvalue weighted by Crippen LogP contribution is -2.49. The molecule has 4 heterocycles. The number of hydrogen-bond donors (Lipinski definition) is 0. The predicted octanol–water partition coefficient (Wildman–Crippen LogP) is 2.46. The van der Waals surface area contributed by atoms with Gasteiger partial charge >= 0.3 is 0 Å². The van der Waals surface area contributed by atoms with Crippen LogP contribution >= 0.6 is 11.3 Å². The zero-order valence-electron chi connectivity index (χ0n) is 15.9. The van der Waals surface area contributed by atoms with E-state index in [0.717, 1.165) is 11.3 Å². The van der Waals surface area contributed by atoms with Gasteiger partial charge in [0.2, 0.25) is 11.8 Å². The van der Waals surface area contributed by atoms with Crippen molar-refractivity contribution in [1.29, 1.82) is 0 Å². The highest BCUT2D eigenvalue weighted by atomic mass is 32.1. The van der Waals surface area contributed by atoms with Crippen molar-refractivity contribution in [3.8, 4) is 0 Å². The minimum absolute atomic E-state index is 0.0997. The Hall–Kier alpha value is -2.77. The molecule has 3 aliphatic rings. The van der Waals surface area contributed by atoms with Gasteiger partial charge in [-0.2, -0.15) is 0 Å². The van der Waals surface area contributed by atoms with E-state index in [1.165, 1.54) is 23.3 Å². The van der Waals surface area contributed by atoms with E-state index in [1.54, 1.807) is 6.07 Å². The van der Waals surface area contributed by atoms with Gasteiger partial charge in [-0.25, -0.2) is 0 Å². The van der Waals surface area contributed by atoms with Crippen LogP contribution in [-0.2, 0) is 14.3 Å². The SMILES string of the molecule is COCCN1C(=O)[C@@H]2[C@@H](C1=O)[C@H](C(=O)c1cccs1)N1c3ccccc3C=C[C@H]21. The highest BCUT2D eigenvalue weighted by molar-refractivity contribution is 7.12. The lowest BCUT2D eigenvalue weighted by Gasteiger charge is -2.36. The fourth-order valence-electron chi connectivity index (χ4n) is 4.84. The van der Waals surface area contributed by atoms with Crippen molar-refractivity contribution in [2.75, 3.05) is 25.2 Å². The molecule has 0 radical (unpaired) electrons. The van der Waals surface area contributed by atoms with Crippen LogP contribution in [0.5, 0.6) is 0 Å². The first-order valence-electron chi connectivity index (χ1n) is 9.61. The lowest BCUT2D eigenvalue weighted by molar-refractivity contribution is -0.141. The fourth-order valence-corrected chi connectivity index (χ4v) is 5.54. The van der Waals surface area contributed by atoms with Crippen molar-refractivity contribution < 1.29 is 19.1 Å². The molecule has 148 valence electrons. The summed E-state index contributed by atoms with van der Waals surface area (Å²) in [7, 11) is 1.54. The summed E-state index contributed by atoms with van der Waals surface area (Å²) in [5, 5.41) is 1.85. The summed E-state index contributed by atoms with van der Waals surface area (Å²) in [6.07, 6.45) is 3.95. The number of ether oxygens (including phenoxy) is 1. The molecule has 0 unspecified atom stereocenters. The highest BCUT2D eigenvalue weighted by Gasteiger charge is 2.63. The molecule has 3 aliphatic heterocycles. The maximum Gasteiger partial charge on any atom is 0.235 e. The molecule has 2 saturated heterocycles. The molecule has 1 aromatic carbocycles. The van der Waals surface area contributed by atoms with Crippen LogP contribution in [0.15, 0.2) is 47.9 Å². The number of imide groups is 1. The van der Waals surface area contributed by atoms with Crippen LogP contribution in [0.4, 0.5) is 5.69 Å². The number of fused-ring (bicyclic) bond motifs is 5. The third-order valence-electron chi connectivity index (χ3n) is 6.06. The Morgan fingerprint density at radius 2 is 1.90 bits per heavy atom. The average molecular weight is 408 g/mol. The topological polar surface area (TPSA) is 66.9 Å². The number of methoxy groups -OCH3 is 1. The van der Waals surface area contributed by atoms with Crippen molar-refractivity contribution in [2.24, 2.45) is 11.8 Å². The van der Waals surface area contributed by atoms with Gasteiger partial charge in [0.15, 0.2) is 5.78 Å². The van der Waals surface area contributed by atoms with Crippen molar-refractivity contribution in [2.45, 2.75) is 12.1 Å². The molecule has 5 rings (SSSR count). The Labute approximate surface area is 172 Å². The summed E-state index contributed by atoms with van der Waals surface area (Å²) in [6.45, 7) is 0.502. The molecule has 2 aromatic rings. The van der Waals surface area contributed by atoms with Crippen LogP contribution in [0.2, 0.25) is 0 Å². The third-order valence-corrected chi connectivity index (χ3v) is 6.94. The third kappa shape index (κ3) is 2.61. The molecule has 29 heavy (non-hydrogen) atoms. The smallest absolute Gasteiger partial charge is 0.235 e. The molecular formula is C22H20N2O4S. The number of thiophene rings is 1. The maximum atomic E-state index is 13.5. The number of nitrogens with zero attached hydrogens (tertiary/aromatic N) is 2. The van der Waals surface area contributed by atoms with Gasteiger partial charge in [-0.1, -0.05) is 36.4 Å². The normalized spacial score (nSPS) is 27.2. The van der Waals surface area contributed by atoms with Crippen LogP contribution in [0.3, 0.4) is 0 Å². The van der Waals surface area contributed by atoms with Crippen LogP contribution in [0.25, 0.3) is 6.08 Å². The molecule has 0 N–H and O–H groups in total. The molecule has 0 saturated carbocycles. The lowest BCUT2D eigenvalue weighted by atomic mass is 9.87. The van der Waals surface area contributed by atoms with Gasteiger partial charge in [0.1, 0.15) is 6.04 Å². The standard InChI is InChI=1S/C22H20N2O4S/c1-28-11-10-23-21(26)17-15-9-8-13-5-2-3-6-14(13)24(15)19(18(17)22(23)27)20(25)16-7-4-12-29-16/h2-9,12,15,17-19H,10-11H2,1H3/t15-,17+,18-,19-/m1/s1. The molecule has 0 aliphatic carbocycles. The number of para-hydroxylation sites is 1. The summed E-state index contributed by atoms with van der Waals surface area (Å²) in [5.41, 5.74) is 1.89. The summed E-state index contributed by atoms with van der Waals surface area (Å²) >= 11 is 1.37. The number of ketones is 1. The first kappa shape index (κ1) is 18.3. The number of hydrogen-bond acceptors (Lipinski definition) is 6. The second kappa shape index (κ2) is 6.93. The number of carbonyl (C=O) groups excluding carboxylic acids is 3. The van der Waals surface area contributed by atoms with Gasteiger partial charge in [0, 0.05) is 12.8 Å². The first-order chi connectivity index (χ1) is 14.1. The Balaban J connectivity index is 1.62.